The van der Waals surface area contributed by atoms with Crippen LogP contribution >= 0.6 is 0 Å². The van der Waals surface area contributed by atoms with Crippen LogP contribution in [0.3, 0.4) is 0 Å². The minimum atomic E-state index is 0.767. The third-order valence-electron chi connectivity index (χ3n) is 4.04. The fraction of sp³-hybridized carbons (Fsp3) is 0.667. The molecule has 2 aliphatic rings. The van der Waals surface area contributed by atoms with Crippen LogP contribution in [0.1, 0.15) is 40.0 Å². The molecule has 0 heterocycles. The number of hydrogen-bond acceptors (Lipinski definition) is 0. The Labute approximate surface area is 93.8 Å². The lowest BCUT2D eigenvalue weighted by Crippen LogP contribution is -2.28. The molecule has 0 bridgehead atoms. The average molecular weight is 202 g/mol. The first-order valence-electron chi connectivity index (χ1n) is 6.31. The van der Waals surface area contributed by atoms with Crippen molar-refractivity contribution in [2.45, 2.75) is 40.0 Å². The molecular formula is C15H22. The molecule has 2 aliphatic carbocycles. The van der Waals surface area contributed by atoms with Crippen LogP contribution in [0.4, 0.5) is 0 Å². The molecule has 0 nitrogen and oxygen atoms in total. The molecule has 15 heavy (non-hydrogen) atoms. The van der Waals surface area contributed by atoms with Crippen molar-refractivity contribution in [3.8, 4) is 0 Å². The monoisotopic (exact) mass is 202 g/mol. The van der Waals surface area contributed by atoms with Crippen LogP contribution in [0.25, 0.3) is 0 Å². The lowest BCUT2D eigenvalue weighted by atomic mass is 9.67. The molecule has 1 fully saturated rings. The zero-order valence-electron chi connectivity index (χ0n) is 10.2. The second kappa shape index (κ2) is 4.41. The summed E-state index contributed by atoms with van der Waals surface area (Å²) in [5.41, 5.74) is 4.87. The largest absolute Gasteiger partial charge is 0.117 e. The van der Waals surface area contributed by atoms with Crippen LogP contribution in [0.15, 0.2) is 29.5 Å². The molecule has 0 amide bonds. The molecule has 82 valence electrons. The van der Waals surface area contributed by atoms with Crippen molar-refractivity contribution in [3.05, 3.63) is 29.5 Å². The van der Waals surface area contributed by atoms with Gasteiger partial charge >= 0.3 is 0 Å². The summed E-state index contributed by atoms with van der Waals surface area (Å²) < 4.78 is 0. The molecule has 0 aromatic rings. The lowest BCUT2D eigenvalue weighted by Gasteiger charge is -2.37. The van der Waals surface area contributed by atoms with Crippen molar-refractivity contribution in [1.29, 1.82) is 0 Å². The molecular weight excluding hydrogens is 180 g/mol. The van der Waals surface area contributed by atoms with E-state index in [1.165, 1.54) is 24.8 Å². The maximum atomic E-state index is 3.41. The summed E-state index contributed by atoms with van der Waals surface area (Å²) in [6.45, 7) is 7.14. The van der Waals surface area contributed by atoms with E-state index in [0.717, 1.165) is 23.7 Å². The Morgan fingerprint density at radius 2 is 2.13 bits per heavy atom. The molecule has 0 radical (unpaired) electrons. The molecule has 0 spiro atoms. The summed E-state index contributed by atoms with van der Waals surface area (Å²) in [6, 6.07) is 0. The van der Waals surface area contributed by atoms with Gasteiger partial charge in [0.15, 0.2) is 0 Å². The van der Waals surface area contributed by atoms with Crippen molar-refractivity contribution >= 4 is 0 Å². The summed E-state index contributed by atoms with van der Waals surface area (Å²) in [5, 5.41) is 0. The maximum absolute atomic E-state index is 3.41. The predicted molar refractivity (Wildman–Crippen MR) is 65.6 cm³/mol. The summed E-state index contributed by atoms with van der Waals surface area (Å²) in [4.78, 5) is 0. The molecule has 0 N–H and O–H groups in total. The van der Waals surface area contributed by atoms with Crippen LogP contribution in [-0.4, -0.2) is 0 Å². The van der Waals surface area contributed by atoms with E-state index < -0.39 is 0 Å². The van der Waals surface area contributed by atoms with Crippen LogP contribution in [0.5, 0.6) is 0 Å². The molecule has 2 rings (SSSR count). The lowest BCUT2D eigenvalue weighted by molar-refractivity contribution is 0.173. The molecule has 0 heteroatoms. The molecule has 0 aromatic heterocycles. The zero-order chi connectivity index (χ0) is 10.8. The van der Waals surface area contributed by atoms with E-state index in [9.17, 15) is 0 Å². The first kappa shape index (κ1) is 10.8. The van der Waals surface area contributed by atoms with Crippen molar-refractivity contribution in [2.24, 2.45) is 23.7 Å². The van der Waals surface area contributed by atoms with Gasteiger partial charge in [0, 0.05) is 0 Å². The van der Waals surface area contributed by atoms with Crippen molar-refractivity contribution in [1.82, 2.24) is 0 Å². The van der Waals surface area contributed by atoms with Crippen molar-refractivity contribution in [2.75, 3.05) is 0 Å². The molecule has 3 atom stereocenters. The molecule has 0 aromatic carbocycles. The fourth-order valence-electron chi connectivity index (χ4n) is 3.13. The fourth-order valence-corrected chi connectivity index (χ4v) is 3.13. The standard InChI is InChI=1S/C15H22/c1-11(2)14-9-8-12(3)10-15(14)13-6-4-5-7-13/h4-6,11-12,14-15H,8-10H2,1-3H3/t12-,14+,15-/m1/s1. The quantitative estimate of drug-likeness (QED) is 0.584. The number of hydrogen-bond donors (Lipinski definition) is 0. The zero-order valence-corrected chi connectivity index (χ0v) is 10.2. The Balaban J connectivity index is 2.17. The second-order valence-electron chi connectivity index (χ2n) is 5.56. The van der Waals surface area contributed by atoms with E-state index in [1.54, 1.807) is 0 Å². The van der Waals surface area contributed by atoms with Gasteiger partial charge in [-0.3, -0.25) is 0 Å². The van der Waals surface area contributed by atoms with Crippen LogP contribution in [0.2, 0.25) is 0 Å². The van der Waals surface area contributed by atoms with E-state index in [4.69, 9.17) is 0 Å². The van der Waals surface area contributed by atoms with Gasteiger partial charge in [-0.1, -0.05) is 39.3 Å². The highest BCUT2D eigenvalue weighted by Gasteiger charge is 2.32. The Bertz CT molecular complexity index is 313. The molecule has 0 saturated heterocycles. The average Bonchev–Trinajstić information content (AvgIpc) is 2.69. The highest BCUT2D eigenvalue weighted by molar-refractivity contribution is 5.31. The van der Waals surface area contributed by atoms with Gasteiger partial charge in [-0.15, -0.1) is 5.73 Å². The van der Waals surface area contributed by atoms with E-state index >= 15 is 0 Å². The van der Waals surface area contributed by atoms with Crippen molar-refractivity contribution in [3.63, 3.8) is 0 Å². The normalized spacial score (nSPS) is 34.9. The first-order valence-corrected chi connectivity index (χ1v) is 6.31. The molecule has 1 saturated carbocycles. The summed E-state index contributed by atoms with van der Waals surface area (Å²) in [5.74, 6) is 3.35. The number of rotatable bonds is 2. The van der Waals surface area contributed by atoms with E-state index in [-0.39, 0.29) is 0 Å². The third kappa shape index (κ3) is 2.26. The third-order valence-corrected chi connectivity index (χ3v) is 4.04. The minimum absolute atomic E-state index is 0.767. The second-order valence-corrected chi connectivity index (χ2v) is 5.56. The highest BCUT2D eigenvalue weighted by atomic mass is 14.4. The van der Waals surface area contributed by atoms with Gasteiger partial charge in [-0.2, -0.15) is 0 Å². The van der Waals surface area contributed by atoms with Crippen LogP contribution in [-0.2, 0) is 0 Å². The van der Waals surface area contributed by atoms with Gasteiger partial charge in [0.25, 0.3) is 0 Å². The van der Waals surface area contributed by atoms with Crippen LogP contribution < -0.4 is 0 Å². The van der Waals surface area contributed by atoms with Crippen molar-refractivity contribution < 1.29 is 0 Å². The van der Waals surface area contributed by atoms with E-state index in [1.807, 2.05) is 0 Å². The van der Waals surface area contributed by atoms with Gasteiger partial charge in [0.2, 0.25) is 0 Å². The van der Waals surface area contributed by atoms with Gasteiger partial charge in [0.05, 0.1) is 0 Å². The Morgan fingerprint density at radius 3 is 2.73 bits per heavy atom. The first-order chi connectivity index (χ1) is 7.18. The van der Waals surface area contributed by atoms with Crippen LogP contribution in [0, 0.1) is 23.7 Å². The van der Waals surface area contributed by atoms with E-state index in [0.29, 0.717) is 0 Å². The highest BCUT2D eigenvalue weighted by Crippen LogP contribution is 2.42. The Hall–Kier alpha value is -0.740. The van der Waals surface area contributed by atoms with E-state index in [2.05, 4.69) is 44.7 Å². The molecule has 0 unspecified atom stereocenters. The van der Waals surface area contributed by atoms with Gasteiger partial charge < -0.3 is 0 Å². The van der Waals surface area contributed by atoms with Gasteiger partial charge in [-0.25, -0.2) is 0 Å². The maximum Gasteiger partial charge on any atom is -0.00262 e. The summed E-state index contributed by atoms with van der Waals surface area (Å²) in [7, 11) is 0. The number of allylic oxidation sites excluding steroid dienone is 3. The Morgan fingerprint density at radius 1 is 1.33 bits per heavy atom. The minimum Gasteiger partial charge on any atom is -0.117 e. The SMILES string of the molecule is CC(C)[C@@H]1CC[C@@H](C)C[C@@H]1C1=C=CC=C1. The molecule has 0 aliphatic heterocycles. The smallest absolute Gasteiger partial charge is 0.00262 e. The van der Waals surface area contributed by atoms with Gasteiger partial charge in [-0.05, 0) is 48.2 Å². The van der Waals surface area contributed by atoms with Gasteiger partial charge in [0.1, 0.15) is 0 Å². The topological polar surface area (TPSA) is 0 Å². The summed E-state index contributed by atoms with van der Waals surface area (Å²) in [6.07, 6.45) is 10.6. The predicted octanol–water partition coefficient (Wildman–Crippen LogP) is 4.35. The summed E-state index contributed by atoms with van der Waals surface area (Å²) >= 11 is 0. The Kier molecular flexibility index (Phi) is 3.17.